The van der Waals surface area contributed by atoms with Crippen molar-refractivity contribution in [2.45, 2.75) is 120 Å². The minimum absolute atomic E-state index is 0.00926. The molecule has 8 heteroatoms. The van der Waals surface area contributed by atoms with Crippen LogP contribution in [0, 0.1) is 34.5 Å². The molecule has 8 nitrogen and oxygen atoms in total. The summed E-state index contributed by atoms with van der Waals surface area (Å²) in [5.74, 6) is 0.761. The normalized spacial score (nSPS) is 26.4. The van der Waals surface area contributed by atoms with E-state index in [0.717, 1.165) is 25.7 Å². The highest BCUT2D eigenvalue weighted by atomic mass is 16.6. The summed E-state index contributed by atoms with van der Waals surface area (Å²) in [4.78, 5) is 43.1. The van der Waals surface area contributed by atoms with Crippen molar-refractivity contribution >= 4 is 23.9 Å². The average molecular weight is 553 g/mol. The third-order valence-corrected chi connectivity index (χ3v) is 7.18. The highest BCUT2D eigenvalue weighted by Gasteiger charge is 2.33. The topological polar surface area (TPSA) is 105 Å². The van der Waals surface area contributed by atoms with Gasteiger partial charge in [0.15, 0.2) is 0 Å². The Bertz CT molecular complexity index is 842. The van der Waals surface area contributed by atoms with Crippen molar-refractivity contribution in [3.05, 3.63) is 12.3 Å². The quantitative estimate of drug-likeness (QED) is 0.286. The molecule has 0 saturated carbocycles. The fourth-order valence-electron chi connectivity index (χ4n) is 4.41. The molecule has 0 aromatic heterocycles. The smallest absolute Gasteiger partial charge is 0.317 e. The van der Waals surface area contributed by atoms with Gasteiger partial charge in [-0.25, -0.2) is 0 Å². The van der Waals surface area contributed by atoms with E-state index >= 15 is 0 Å². The minimum atomic E-state index is -0.120. The maximum Gasteiger partial charge on any atom is 0.317 e. The number of rotatable bonds is 2. The van der Waals surface area contributed by atoms with Gasteiger partial charge in [-0.1, -0.05) is 69.2 Å². The molecule has 39 heavy (non-hydrogen) atoms. The SMILES string of the molecule is CC(C)(C)C1CCC(=O)O1.CC(C)(C)C1CCCC(=O)O1.CC(C)C1C=COC1=O.CC(C)C1CCOC1=O. The molecule has 4 aliphatic heterocycles. The van der Waals surface area contributed by atoms with Crippen LogP contribution in [-0.4, -0.2) is 42.7 Å². The van der Waals surface area contributed by atoms with Crippen LogP contribution in [0.1, 0.15) is 108 Å². The van der Waals surface area contributed by atoms with Crippen LogP contribution in [0.5, 0.6) is 0 Å². The molecule has 0 aromatic carbocycles. The molecule has 0 bridgehead atoms. The molecular weight excluding hydrogens is 500 g/mol. The molecule has 4 rings (SSSR count). The van der Waals surface area contributed by atoms with Gasteiger partial charge in [0.25, 0.3) is 0 Å². The van der Waals surface area contributed by atoms with Gasteiger partial charge in [0.05, 0.1) is 24.7 Å². The molecule has 4 heterocycles. The lowest BCUT2D eigenvalue weighted by atomic mass is 9.85. The number of carbonyl (C=O) groups is 4. The van der Waals surface area contributed by atoms with Gasteiger partial charge < -0.3 is 18.9 Å². The summed E-state index contributed by atoms with van der Waals surface area (Å²) in [5, 5.41) is 0. The first-order chi connectivity index (χ1) is 17.9. The largest absolute Gasteiger partial charge is 0.465 e. The first-order valence-electron chi connectivity index (χ1n) is 14.4. The van der Waals surface area contributed by atoms with Crippen molar-refractivity contribution in [2.24, 2.45) is 34.5 Å². The van der Waals surface area contributed by atoms with Gasteiger partial charge in [0.2, 0.25) is 0 Å². The van der Waals surface area contributed by atoms with Crippen LogP contribution in [-0.2, 0) is 38.1 Å². The van der Waals surface area contributed by atoms with E-state index in [1.165, 1.54) is 6.26 Å². The van der Waals surface area contributed by atoms with E-state index in [9.17, 15) is 19.2 Å². The molecule has 0 aromatic rings. The molecule has 4 atom stereocenters. The van der Waals surface area contributed by atoms with Gasteiger partial charge in [-0.15, -0.1) is 0 Å². The Kier molecular flexibility index (Phi) is 13.7. The van der Waals surface area contributed by atoms with E-state index in [4.69, 9.17) is 14.2 Å². The Hall–Kier alpha value is -2.38. The average Bonchev–Trinajstić information content (AvgIpc) is 3.55. The Morgan fingerprint density at radius 1 is 0.718 bits per heavy atom. The molecule has 0 radical (unpaired) electrons. The number of esters is 4. The number of carbonyl (C=O) groups excluding carboxylic acids is 4. The van der Waals surface area contributed by atoms with E-state index in [1.807, 2.05) is 13.8 Å². The third kappa shape index (κ3) is 12.6. The number of cyclic esters (lactones) is 4. The standard InChI is InChI=1S/C9H16O2.C8H14O2.C7H12O2.C7H10O2/c1-9(2,3)7-5-4-6-8(10)11-7;1-8(2,3)6-4-5-7(9)10-6;2*1-5(2)6-3-4-9-7(6)8/h7H,4-6H2,1-3H3;6H,4-5H2,1-3H3;5-6H,3-4H2,1-2H3;3-6H,1-2H3. The summed E-state index contributed by atoms with van der Waals surface area (Å²) in [6.07, 6.45) is 8.55. The molecule has 224 valence electrons. The molecule has 0 amide bonds. The molecule has 4 aliphatic rings. The van der Waals surface area contributed by atoms with E-state index < -0.39 is 0 Å². The van der Waals surface area contributed by atoms with Crippen molar-refractivity contribution < 1.29 is 38.1 Å². The number of hydrogen-bond donors (Lipinski definition) is 0. The van der Waals surface area contributed by atoms with Gasteiger partial charge >= 0.3 is 23.9 Å². The highest BCUT2D eigenvalue weighted by Crippen LogP contribution is 2.31. The van der Waals surface area contributed by atoms with Crippen LogP contribution in [0.4, 0.5) is 0 Å². The van der Waals surface area contributed by atoms with E-state index in [2.05, 4.69) is 60.1 Å². The van der Waals surface area contributed by atoms with Gasteiger partial charge in [0.1, 0.15) is 12.2 Å². The molecule has 3 saturated heterocycles. The molecule has 0 N–H and O–H groups in total. The molecule has 3 fully saturated rings. The minimum Gasteiger partial charge on any atom is -0.465 e. The monoisotopic (exact) mass is 552 g/mol. The third-order valence-electron chi connectivity index (χ3n) is 7.18. The van der Waals surface area contributed by atoms with Crippen molar-refractivity contribution in [1.82, 2.24) is 0 Å². The van der Waals surface area contributed by atoms with Crippen molar-refractivity contribution in [1.29, 1.82) is 0 Å². The predicted molar refractivity (Wildman–Crippen MR) is 149 cm³/mol. The van der Waals surface area contributed by atoms with E-state index in [-0.39, 0.29) is 58.8 Å². The zero-order chi connectivity index (χ0) is 30.0. The summed E-state index contributed by atoms with van der Waals surface area (Å²) in [7, 11) is 0. The van der Waals surface area contributed by atoms with Crippen LogP contribution >= 0.6 is 0 Å². The van der Waals surface area contributed by atoms with E-state index in [1.54, 1.807) is 6.08 Å². The molecule has 4 unspecified atom stereocenters. The van der Waals surface area contributed by atoms with Gasteiger partial charge in [-0.3, -0.25) is 19.2 Å². The lowest BCUT2D eigenvalue weighted by Crippen LogP contribution is -2.34. The van der Waals surface area contributed by atoms with Crippen molar-refractivity contribution in [2.75, 3.05) is 6.61 Å². The zero-order valence-corrected chi connectivity index (χ0v) is 25.8. The summed E-state index contributed by atoms with van der Waals surface area (Å²) in [5.41, 5.74) is 0.224. The van der Waals surface area contributed by atoms with Crippen LogP contribution in [0.25, 0.3) is 0 Å². The molecule has 0 aliphatic carbocycles. The maximum absolute atomic E-state index is 10.9. The Morgan fingerprint density at radius 3 is 1.49 bits per heavy atom. The van der Waals surface area contributed by atoms with Crippen LogP contribution in [0.2, 0.25) is 0 Å². The number of hydrogen-bond acceptors (Lipinski definition) is 8. The first-order valence-corrected chi connectivity index (χ1v) is 14.4. The Morgan fingerprint density at radius 2 is 1.26 bits per heavy atom. The molecular formula is C31H52O8. The van der Waals surface area contributed by atoms with Crippen LogP contribution in [0.15, 0.2) is 12.3 Å². The zero-order valence-electron chi connectivity index (χ0n) is 25.8. The second-order valence-electron chi connectivity index (χ2n) is 13.5. The van der Waals surface area contributed by atoms with Crippen LogP contribution < -0.4 is 0 Å². The van der Waals surface area contributed by atoms with Gasteiger partial charge in [-0.2, -0.15) is 0 Å². The first kappa shape index (κ1) is 34.6. The highest BCUT2D eigenvalue weighted by molar-refractivity contribution is 5.77. The maximum atomic E-state index is 10.9. The lowest BCUT2D eigenvalue weighted by Gasteiger charge is -2.32. The predicted octanol–water partition coefficient (Wildman–Crippen LogP) is 6.40. The Labute approximate surface area is 235 Å². The summed E-state index contributed by atoms with van der Waals surface area (Å²) in [6.45, 7) is 21.3. The summed E-state index contributed by atoms with van der Waals surface area (Å²) < 4.78 is 19.7. The van der Waals surface area contributed by atoms with Crippen molar-refractivity contribution in [3.63, 3.8) is 0 Å². The number of ether oxygens (including phenoxy) is 4. The van der Waals surface area contributed by atoms with Gasteiger partial charge in [-0.05, 0) is 54.4 Å². The fraction of sp³-hybridized carbons (Fsp3) is 0.806. The van der Waals surface area contributed by atoms with Gasteiger partial charge in [0, 0.05) is 12.8 Å². The van der Waals surface area contributed by atoms with E-state index in [0.29, 0.717) is 31.3 Å². The lowest BCUT2D eigenvalue weighted by molar-refractivity contribution is -0.160. The Balaban J connectivity index is 0.000000261. The van der Waals surface area contributed by atoms with Crippen LogP contribution in [0.3, 0.4) is 0 Å². The summed E-state index contributed by atoms with van der Waals surface area (Å²) >= 11 is 0. The fourth-order valence-corrected chi connectivity index (χ4v) is 4.41. The summed E-state index contributed by atoms with van der Waals surface area (Å²) in [6, 6.07) is 0. The second kappa shape index (κ2) is 15.4. The van der Waals surface area contributed by atoms with Crippen molar-refractivity contribution in [3.8, 4) is 0 Å². The second-order valence-corrected chi connectivity index (χ2v) is 13.5. The molecule has 0 spiro atoms.